The van der Waals surface area contributed by atoms with Crippen molar-refractivity contribution in [2.75, 3.05) is 24.6 Å². The highest BCUT2D eigenvalue weighted by molar-refractivity contribution is 5.79. The molecule has 0 spiro atoms. The fraction of sp³-hybridized carbons (Fsp3) is 0.333. The first kappa shape index (κ1) is 14.2. The van der Waals surface area contributed by atoms with Crippen LogP contribution < -0.4 is 4.90 Å². The van der Waals surface area contributed by atoms with E-state index in [1.807, 2.05) is 35.2 Å². The molecule has 0 saturated carbocycles. The van der Waals surface area contributed by atoms with Crippen LogP contribution >= 0.6 is 0 Å². The summed E-state index contributed by atoms with van der Waals surface area (Å²) < 4.78 is 5.79. The minimum atomic E-state index is 0.0676. The van der Waals surface area contributed by atoms with Gasteiger partial charge in [-0.25, -0.2) is 0 Å². The van der Waals surface area contributed by atoms with Crippen LogP contribution in [0.2, 0.25) is 0 Å². The average molecular weight is 309 g/mol. The molecule has 1 aromatic heterocycles. The Bertz CT molecular complexity index is 677. The SMILES string of the molecule is O=C1CO[C@@H]2CN(c3ccccc3)C[C@H]2N1Cc1ccncc1. The van der Waals surface area contributed by atoms with Gasteiger partial charge >= 0.3 is 0 Å². The van der Waals surface area contributed by atoms with Crippen LogP contribution in [0.25, 0.3) is 0 Å². The second kappa shape index (κ2) is 6.01. The number of carbonyl (C=O) groups is 1. The molecule has 5 heteroatoms. The summed E-state index contributed by atoms with van der Waals surface area (Å²) in [4.78, 5) is 20.7. The molecule has 0 N–H and O–H groups in total. The smallest absolute Gasteiger partial charge is 0.249 e. The third kappa shape index (κ3) is 2.80. The van der Waals surface area contributed by atoms with Gasteiger partial charge in [-0.2, -0.15) is 0 Å². The molecule has 4 rings (SSSR count). The monoisotopic (exact) mass is 309 g/mol. The molecule has 118 valence electrons. The van der Waals surface area contributed by atoms with E-state index < -0.39 is 0 Å². The molecule has 0 unspecified atom stereocenters. The van der Waals surface area contributed by atoms with Gasteiger partial charge in [-0.1, -0.05) is 18.2 Å². The Balaban J connectivity index is 1.54. The van der Waals surface area contributed by atoms with Crippen molar-refractivity contribution < 1.29 is 9.53 Å². The van der Waals surface area contributed by atoms with E-state index in [0.29, 0.717) is 6.54 Å². The molecular formula is C18H19N3O2. The molecule has 0 radical (unpaired) electrons. The summed E-state index contributed by atoms with van der Waals surface area (Å²) >= 11 is 0. The second-order valence-corrected chi connectivity index (χ2v) is 6.03. The molecule has 2 fully saturated rings. The Kier molecular flexibility index (Phi) is 3.71. The van der Waals surface area contributed by atoms with E-state index in [0.717, 1.165) is 18.7 Å². The number of anilines is 1. The number of rotatable bonds is 3. The Morgan fingerprint density at radius 3 is 2.65 bits per heavy atom. The molecule has 23 heavy (non-hydrogen) atoms. The molecule has 5 nitrogen and oxygen atoms in total. The second-order valence-electron chi connectivity index (χ2n) is 6.03. The molecule has 2 aromatic rings. The third-order valence-corrected chi connectivity index (χ3v) is 4.60. The van der Waals surface area contributed by atoms with Gasteiger partial charge in [0.15, 0.2) is 0 Å². The van der Waals surface area contributed by atoms with E-state index in [9.17, 15) is 4.79 Å². The van der Waals surface area contributed by atoms with Crippen LogP contribution in [0.5, 0.6) is 0 Å². The molecule has 0 aliphatic carbocycles. The largest absolute Gasteiger partial charge is 0.367 e. The summed E-state index contributed by atoms with van der Waals surface area (Å²) in [5.41, 5.74) is 2.29. The number of benzene rings is 1. The van der Waals surface area contributed by atoms with Crippen LogP contribution in [-0.4, -0.2) is 47.6 Å². The zero-order valence-corrected chi connectivity index (χ0v) is 12.8. The number of ether oxygens (including phenoxy) is 1. The number of nitrogens with zero attached hydrogens (tertiary/aromatic N) is 3. The minimum Gasteiger partial charge on any atom is -0.367 e. The highest BCUT2D eigenvalue weighted by Crippen LogP contribution is 2.28. The fourth-order valence-electron chi connectivity index (χ4n) is 3.41. The number of aromatic nitrogens is 1. The van der Waals surface area contributed by atoms with Crippen LogP contribution in [0.15, 0.2) is 54.9 Å². The van der Waals surface area contributed by atoms with E-state index >= 15 is 0 Å². The van der Waals surface area contributed by atoms with Gasteiger partial charge in [-0.05, 0) is 29.8 Å². The van der Waals surface area contributed by atoms with Crippen molar-refractivity contribution in [2.24, 2.45) is 0 Å². The molecular weight excluding hydrogens is 290 g/mol. The van der Waals surface area contributed by atoms with Crippen molar-refractivity contribution in [3.05, 3.63) is 60.4 Å². The predicted molar refractivity (Wildman–Crippen MR) is 87.0 cm³/mol. The van der Waals surface area contributed by atoms with Crippen LogP contribution in [0.1, 0.15) is 5.56 Å². The number of amides is 1. The van der Waals surface area contributed by atoms with E-state index in [1.54, 1.807) is 12.4 Å². The number of fused-ring (bicyclic) bond motifs is 1. The van der Waals surface area contributed by atoms with Gasteiger partial charge in [0, 0.05) is 37.7 Å². The third-order valence-electron chi connectivity index (χ3n) is 4.60. The summed E-state index contributed by atoms with van der Waals surface area (Å²) in [7, 11) is 0. The summed E-state index contributed by atoms with van der Waals surface area (Å²) in [5.74, 6) is 0.0676. The summed E-state index contributed by atoms with van der Waals surface area (Å²) in [5, 5.41) is 0. The van der Waals surface area contributed by atoms with Gasteiger partial charge in [-0.15, -0.1) is 0 Å². The Hall–Kier alpha value is -2.40. The molecule has 0 bridgehead atoms. The number of hydrogen-bond donors (Lipinski definition) is 0. The zero-order valence-electron chi connectivity index (χ0n) is 12.8. The highest BCUT2D eigenvalue weighted by atomic mass is 16.5. The number of carbonyl (C=O) groups excluding carboxylic acids is 1. The lowest BCUT2D eigenvalue weighted by atomic mass is 10.1. The number of hydrogen-bond acceptors (Lipinski definition) is 4. The van der Waals surface area contributed by atoms with Gasteiger partial charge < -0.3 is 14.5 Å². The Morgan fingerprint density at radius 1 is 1.09 bits per heavy atom. The maximum absolute atomic E-state index is 12.4. The summed E-state index contributed by atoms with van der Waals surface area (Å²) in [6.07, 6.45) is 3.61. The maximum Gasteiger partial charge on any atom is 0.249 e. The number of pyridine rings is 1. The first-order valence-electron chi connectivity index (χ1n) is 7.91. The van der Waals surface area contributed by atoms with Crippen molar-refractivity contribution in [3.63, 3.8) is 0 Å². The van der Waals surface area contributed by atoms with E-state index in [-0.39, 0.29) is 24.7 Å². The van der Waals surface area contributed by atoms with E-state index in [1.165, 1.54) is 5.69 Å². The molecule has 2 saturated heterocycles. The topological polar surface area (TPSA) is 45.7 Å². The molecule has 2 aliphatic rings. The van der Waals surface area contributed by atoms with Gasteiger partial charge in [0.05, 0.1) is 12.1 Å². The minimum absolute atomic E-state index is 0.0676. The predicted octanol–water partition coefficient (Wildman–Crippen LogP) is 1.70. The first-order valence-corrected chi connectivity index (χ1v) is 7.91. The average Bonchev–Trinajstić information content (AvgIpc) is 3.04. The zero-order chi connectivity index (χ0) is 15.6. The normalized spacial score (nSPS) is 23.9. The number of para-hydroxylation sites is 1. The van der Waals surface area contributed by atoms with Crippen molar-refractivity contribution in [1.29, 1.82) is 0 Å². The first-order chi connectivity index (χ1) is 11.3. The molecule has 1 aromatic carbocycles. The maximum atomic E-state index is 12.4. The van der Waals surface area contributed by atoms with Gasteiger partial charge in [0.2, 0.25) is 5.91 Å². The molecule has 1 amide bonds. The molecule has 2 atom stereocenters. The van der Waals surface area contributed by atoms with Crippen LogP contribution in [-0.2, 0) is 16.1 Å². The van der Waals surface area contributed by atoms with E-state index in [4.69, 9.17) is 4.74 Å². The van der Waals surface area contributed by atoms with Crippen molar-refractivity contribution in [3.8, 4) is 0 Å². The van der Waals surface area contributed by atoms with Gasteiger partial charge in [0.25, 0.3) is 0 Å². The lowest BCUT2D eigenvalue weighted by Crippen LogP contribution is -2.53. The van der Waals surface area contributed by atoms with Crippen molar-refractivity contribution >= 4 is 11.6 Å². The quantitative estimate of drug-likeness (QED) is 0.866. The Labute approximate surface area is 135 Å². The lowest BCUT2D eigenvalue weighted by molar-refractivity contribution is -0.153. The fourth-order valence-corrected chi connectivity index (χ4v) is 3.41. The van der Waals surface area contributed by atoms with Crippen molar-refractivity contribution in [1.82, 2.24) is 9.88 Å². The number of morpholine rings is 1. The van der Waals surface area contributed by atoms with Crippen LogP contribution in [0.4, 0.5) is 5.69 Å². The highest BCUT2D eigenvalue weighted by Gasteiger charge is 2.43. The van der Waals surface area contributed by atoms with E-state index in [2.05, 4.69) is 22.0 Å². The lowest BCUT2D eigenvalue weighted by Gasteiger charge is -2.36. The molecule has 2 aliphatic heterocycles. The summed E-state index contributed by atoms with van der Waals surface area (Å²) in [6, 6.07) is 14.3. The standard InChI is InChI=1S/C18H19N3O2/c22-18-13-23-17-12-20(15-4-2-1-3-5-15)11-16(17)21(18)10-14-6-8-19-9-7-14/h1-9,16-17H,10-13H2/t16-,17-/m1/s1. The van der Waals surface area contributed by atoms with Gasteiger partial charge in [0.1, 0.15) is 6.61 Å². The van der Waals surface area contributed by atoms with Gasteiger partial charge in [-0.3, -0.25) is 9.78 Å². The Morgan fingerprint density at radius 2 is 1.87 bits per heavy atom. The van der Waals surface area contributed by atoms with Crippen LogP contribution in [0.3, 0.4) is 0 Å². The summed E-state index contributed by atoms with van der Waals surface area (Å²) in [6.45, 7) is 2.43. The van der Waals surface area contributed by atoms with Crippen LogP contribution in [0, 0.1) is 0 Å². The van der Waals surface area contributed by atoms with Crippen molar-refractivity contribution in [2.45, 2.75) is 18.7 Å². The molecule has 3 heterocycles.